The van der Waals surface area contributed by atoms with Crippen molar-refractivity contribution >= 4 is 23.2 Å². The van der Waals surface area contributed by atoms with Crippen molar-refractivity contribution < 1.29 is 19.4 Å². The third kappa shape index (κ3) is 2.89. The number of nitrogens with one attached hydrogen (secondary N) is 1. The predicted molar refractivity (Wildman–Crippen MR) is 97.2 cm³/mol. The maximum absolute atomic E-state index is 12.8. The molecule has 25 heavy (non-hydrogen) atoms. The fraction of sp³-hybridized carbons (Fsp3) is 0.684. The molecule has 0 aromatic carbocycles. The third-order valence-corrected chi connectivity index (χ3v) is 7.25. The molecule has 0 aliphatic heterocycles. The van der Waals surface area contributed by atoms with E-state index in [4.69, 9.17) is 4.74 Å². The van der Waals surface area contributed by atoms with E-state index in [1.165, 1.54) is 21.8 Å². The summed E-state index contributed by atoms with van der Waals surface area (Å²) in [5.74, 6) is -0.630. The number of aliphatic carboxylic acids is 1. The Kier molecular flexibility index (Phi) is 4.71. The molecule has 2 N–H and O–H groups in total. The van der Waals surface area contributed by atoms with Crippen LogP contribution in [0, 0.1) is 11.3 Å². The van der Waals surface area contributed by atoms with Crippen LogP contribution in [0.1, 0.15) is 60.6 Å². The van der Waals surface area contributed by atoms with Crippen molar-refractivity contribution in [3.05, 3.63) is 21.4 Å². The molecular weight excluding hydrogens is 338 g/mol. The molecule has 2 aliphatic rings. The molecule has 6 heteroatoms. The first-order valence-corrected chi connectivity index (χ1v) is 9.82. The molecule has 138 valence electrons. The number of carbonyl (C=O) groups is 2. The van der Waals surface area contributed by atoms with Crippen LogP contribution >= 0.6 is 11.3 Å². The second-order valence-corrected chi connectivity index (χ2v) is 9.08. The molecule has 0 radical (unpaired) electrons. The number of hydrogen-bond acceptors (Lipinski definition) is 4. The summed E-state index contributed by atoms with van der Waals surface area (Å²) in [4.78, 5) is 26.7. The smallest absolute Gasteiger partial charge is 0.330 e. The summed E-state index contributed by atoms with van der Waals surface area (Å²) in [6.07, 6.45) is 3.30. The molecule has 2 aliphatic carbocycles. The van der Waals surface area contributed by atoms with Crippen molar-refractivity contribution in [2.24, 2.45) is 11.3 Å². The first-order valence-electron chi connectivity index (χ1n) is 9.00. The predicted octanol–water partition coefficient (Wildman–Crippen LogP) is 3.26. The Bertz CT molecular complexity index is 696. The summed E-state index contributed by atoms with van der Waals surface area (Å²) in [7, 11) is 0. The molecule has 1 saturated carbocycles. The number of fused-ring (bicyclic) bond motifs is 1. The van der Waals surface area contributed by atoms with Crippen molar-refractivity contribution in [2.45, 2.75) is 65.0 Å². The van der Waals surface area contributed by atoms with Crippen molar-refractivity contribution in [3.8, 4) is 0 Å². The van der Waals surface area contributed by atoms with Crippen molar-refractivity contribution in [2.75, 3.05) is 6.61 Å². The monoisotopic (exact) mass is 365 g/mol. The largest absolute Gasteiger partial charge is 0.479 e. The molecule has 3 rings (SSSR count). The Labute approximate surface area is 152 Å². The van der Waals surface area contributed by atoms with Crippen LogP contribution in [0.5, 0.6) is 0 Å². The number of carboxylic acids is 1. The van der Waals surface area contributed by atoms with Gasteiger partial charge in [-0.05, 0) is 43.7 Å². The number of thiophene rings is 1. The number of ether oxygens (including phenoxy) is 1. The fourth-order valence-electron chi connectivity index (χ4n) is 4.11. The summed E-state index contributed by atoms with van der Waals surface area (Å²) in [6, 6.07) is 1.95. The Balaban J connectivity index is 1.80. The maximum Gasteiger partial charge on any atom is 0.330 e. The lowest BCUT2D eigenvalue weighted by atomic mass is 9.54. The van der Waals surface area contributed by atoms with Crippen LogP contribution < -0.4 is 5.32 Å². The number of amides is 1. The van der Waals surface area contributed by atoms with Crippen LogP contribution in [0.25, 0.3) is 0 Å². The molecular formula is C19H27NO4S. The van der Waals surface area contributed by atoms with E-state index in [0.717, 1.165) is 19.3 Å². The first-order chi connectivity index (χ1) is 11.7. The summed E-state index contributed by atoms with van der Waals surface area (Å²) in [5, 5.41) is 12.7. The Morgan fingerprint density at radius 3 is 2.76 bits per heavy atom. The van der Waals surface area contributed by atoms with Gasteiger partial charge in [-0.25, -0.2) is 4.79 Å². The lowest BCUT2D eigenvalue weighted by Gasteiger charge is -2.58. The molecule has 0 saturated heterocycles. The lowest BCUT2D eigenvalue weighted by molar-refractivity contribution is -0.190. The minimum Gasteiger partial charge on any atom is -0.479 e. The van der Waals surface area contributed by atoms with Crippen molar-refractivity contribution in [1.82, 2.24) is 5.32 Å². The molecule has 0 bridgehead atoms. The summed E-state index contributed by atoms with van der Waals surface area (Å²) >= 11 is 1.51. The van der Waals surface area contributed by atoms with Crippen molar-refractivity contribution in [3.63, 3.8) is 0 Å². The van der Waals surface area contributed by atoms with Gasteiger partial charge >= 0.3 is 5.97 Å². The van der Waals surface area contributed by atoms with E-state index >= 15 is 0 Å². The number of hydrogen-bond donors (Lipinski definition) is 2. The van der Waals surface area contributed by atoms with Crippen LogP contribution in [-0.2, 0) is 22.4 Å². The minimum absolute atomic E-state index is 0.161. The first kappa shape index (κ1) is 18.4. The molecule has 3 atom stereocenters. The van der Waals surface area contributed by atoms with Crippen LogP contribution in [-0.4, -0.2) is 35.2 Å². The van der Waals surface area contributed by atoms with Gasteiger partial charge in [0.2, 0.25) is 0 Å². The SMILES string of the molecule is CCOC1CC(NC(=O)c2cc3c(s2)CCC(C)C3)(C(=O)O)C1(C)C. The van der Waals surface area contributed by atoms with E-state index in [1.54, 1.807) is 0 Å². The second-order valence-electron chi connectivity index (χ2n) is 7.94. The molecule has 5 nitrogen and oxygen atoms in total. The summed E-state index contributed by atoms with van der Waals surface area (Å²) in [5.41, 5.74) is -0.684. The Morgan fingerprint density at radius 1 is 1.44 bits per heavy atom. The lowest BCUT2D eigenvalue weighted by Crippen LogP contribution is -2.76. The standard InChI is InChI=1S/C19H27NO4S/c1-5-24-15-10-19(17(22)23,18(15,3)4)20-16(21)14-9-12-8-11(2)6-7-13(12)25-14/h9,11,15H,5-8,10H2,1-4H3,(H,20,21)(H,22,23). The van der Waals surface area contributed by atoms with Crippen LogP contribution in [0.15, 0.2) is 6.07 Å². The second kappa shape index (κ2) is 6.40. The highest BCUT2D eigenvalue weighted by Crippen LogP contribution is 2.51. The Morgan fingerprint density at radius 2 is 2.16 bits per heavy atom. The third-order valence-electron chi connectivity index (χ3n) is 6.01. The normalized spacial score (nSPS) is 30.2. The topological polar surface area (TPSA) is 75.6 Å². The zero-order valence-electron chi connectivity index (χ0n) is 15.3. The Hall–Kier alpha value is -1.40. The van der Waals surface area contributed by atoms with E-state index in [0.29, 0.717) is 23.8 Å². The van der Waals surface area contributed by atoms with Crippen molar-refractivity contribution in [1.29, 1.82) is 0 Å². The van der Waals surface area contributed by atoms with Gasteiger partial charge in [-0.15, -0.1) is 11.3 Å². The summed E-state index contributed by atoms with van der Waals surface area (Å²) < 4.78 is 5.65. The van der Waals surface area contributed by atoms with Crippen LogP contribution in [0.2, 0.25) is 0 Å². The van der Waals surface area contributed by atoms with Gasteiger partial charge < -0.3 is 15.2 Å². The number of carboxylic acid groups (broad SMARTS) is 1. The van der Waals surface area contributed by atoms with Gasteiger partial charge in [0.05, 0.1) is 11.0 Å². The van der Waals surface area contributed by atoms with Gasteiger partial charge in [-0.1, -0.05) is 20.8 Å². The maximum atomic E-state index is 12.8. The zero-order chi connectivity index (χ0) is 18.4. The van der Waals surface area contributed by atoms with Gasteiger partial charge in [0.15, 0.2) is 0 Å². The molecule has 1 aromatic rings. The van der Waals surface area contributed by atoms with Gasteiger partial charge in [0.1, 0.15) is 5.54 Å². The van der Waals surface area contributed by atoms with E-state index in [-0.39, 0.29) is 12.0 Å². The van der Waals surface area contributed by atoms with E-state index in [9.17, 15) is 14.7 Å². The molecule has 1 aromatic heterocycles. The van der Waals surface area contributed by atoms with Crippen LogP contribution in [0.3, 0.4) is 0 Å². The van der Waals surface area contributed by atoms with E-state index in [1.807, 2.05) is 26.8 Å². The zero-order valence-corrected chi connectivity index (χ0v) is 16.2. The highest BCUT2D eigenvalue weighted by molar-refractivity contribution is 7.14. The van der Waals surface area contributed by atoms with Gasteiger partial charge in [-0.3, -0.25) is 4.79 Å². The fourth-order valence-corrected chi connectivity index (χ4v) is 5.21. The van der Waals surface area contributed by atoms with Gasteiger partial charge in [0.25, 0.3) is 5.91 Å². The molecule has 1 amide bonds. The van der Waals surface area contributed by atoms with E-state index in [2.05, 4.69) is 12.2 Å². The van der Waals surface area contributed by atoms with Gasteiger partial charge in [0, 0.05) is 23.3 Å². The number of carbonyl (C=O) groups excluding carboxylic acids is 1. The average molecular weight is 365 g/mol. The molecule has 1 fully saturated rings. The number of aryl methyl sites for hydroxylation is 1. The van der Waals surface area contributed by atoms with E-state index < -0.39 is 16.9 Å². The van der Waals surface area contributed by atoms with Gasteiger partial charge in [-0.2, -0.15) is 0 Å². The minimum atomic E-state index is -1.28. The average Bonchev–Trinajstić information content (AvgIpc) is 2.96. The molecule has 3 unspecified atom stereocenters. The highest BCUT2D eigenvalue weighted by atomic mass is 32.1. The van der Waals surface area contributed by atoms with Crippen LogP contribution in [0.4, 0.5) is 0 Å². The molecule has 1 heterocycles. The highest BCUT2D eigenvalue weighted by Gasteiger charge is 2.66. The quantitative estimate of drug-likeness (QED) is 0.840. The molecule has 0 spiro atoms. The summed E-state index contributed by atoms with van der Waals surface area (Å²) in [6.45, 7) is 8.36. The number of rotatable bonds is 5.